The Kier molecular flexibility index (Phi) is 8.68. The van der Waals surface area contributed by atoms with Crippen molar-refractivity contribution >= 4 is 19.2 Å². The molecule has 0 aliphatic heterocycles. The molecule has 0 saturated carbocycles. The van der Waals surface area contributed by atoms with Gasteiger partial charge in [-0.3, -0.25) is 4.52 Å². The number of halogens is 3. The van der Waals surface area contributed by atoms with Gasteiger partial charge >= 0.3 is 7.82 Å². The molecule has 2 aromatic rings. The second-order valence-electron chi connectivity index (χ2n) is 7.17. The van der Waals surface area contributed by atoms with E-state index < -0.39 is 30.8 Å². The molecule has 0 spiro atoms. The molecule has 0 bridgehead atoms. The van der Waals surface area contributed by atoms with Gasteiger partial charge in [0.15, 0.2) is 17.5 Å². The standard InChI is InChI=1S/C20H23F3NO4PS/c1-20(24,13-28-29(25,26)27)12-11-16-9-8-15(30-16)6-4-2-3-5-14-7-10-17(21)19(23)18(14)22/h7-10H,2-3,5,11-13,24H2,1H3,(H2,25,26,27). The first kappa shape index (κ1) is 24.6. The predicted molar refractivity (Wildman–Crippen MR) is 109 cm³/mol. The summed E-state index contributed by atoms with van der Waals surface area (Å²) in [7, 11) is -4.55. The maximum absolute atomic E-state index is 13.6. The summed E-state index contributed by atoms with van der Waals surface area (Å²) in [6, 6.07) is 5.92. The number of benzene rings is 1. The van der Waals surface area contributed by atoms with Gasteiger partial charge in [-0.05, 0) is 56.4 Å². The van der Waals surface area contributed by atoms with Crippen LogP contribution in [0.15, 0.2) is 24.3 Å². The molecule has 0 saturated heterocycles. The van der Waals surface area contributed by atoms with Crippen LogP contribution in [0.3, 0.4) is 0 Å². The number of unbranched alkanes of at least 4 members (excludes halogenated alkanes) is 1. The first-order valence-electron chi connectivity index (χ1n) is 9.16. The lowest BCUT2D eigenvalue weighted by Crippen LogP contribution is -2.41. The van der Waals surface area contributed by atoms with Crippen LogP contribution in [0.4, 0.5) is 13.2 Å². The van der Waals surface area contributed by atoms with Crippen molar-refractivity contribution < 1.29 is 32.0 Å². The molecule has 5 nitrogen and oxygen atoms in total. The summed E-state index contributed by atoms with van der Waals surface area (Å²) < 4.78 is 55.0. The van der Waals surface area contributed by atoms with Crippen molar-refractivity contribution in [1.82, 2.24) is 0 Å². The zero-order valence-corrected chi connectivity index (χ0v) is 18.0. The Balaban J connectivity index is 1.79. The molecule has 30 heavy (non-hydrogen) atoms. The summed E-state index contributed by atoms with van der Waals surface area (Å²) in [6.07, 6.45) is 2.34. The lowest BCUT2D eigenvalue weighted by atomic mass is 9.98. The number of nitrogens with two attached hydrogens (primary N) is 1. The Morgan fingerprint density at radius 1 is 1.17 bits per heavy atom. The maximum atomic E-state index is 13.6. The number of phosphoric acid groups is 1. The molecule has 1 aromatic heterocycles. The van der Waals surface area contributed by atoms with Crippen LogP contribution in [0.1, 0.15) is 41.5 Å². The molecule has 10 heteroatoms. The van der Waals surface area contributed by atoms with E-state index in [1.807, 2.05) is 12.1 Å². The predicted octanol–water partition coefficient (Wildman–Crippen LogP) is 4.30. The van der Waals surface area contributed by atoms with Crippen LogP contribution < -0.4 is 5.73 Å². The lowest BCUT2D eigenvalue weighted by Gasteiger charge is -2.24. The molecule has 1 atom stereocenters. The van der Waals surface area contributed by atoms with Gasteiger partial charge in [-0.15, -0.1) is 11.3 Å². The number of phosphoric ester groups is 1. The van der Waals surface area contributed by atoms with Gasteiger partial charge in [-0.2, -0.15) is 0 Å². The Morgan fingerprint density at radius 3 is 2.60 bits per heavy atom. The highest BCUT2D eigenvalue weighted by molar-refractivity contribution is 7.46. The SMILES string of the molecule is CC(N)(CCc1ccc(C#CCCCc2ccc(F)c(F)c2F)s1)COP(=O)(O)O. The first-order chi connectivity index (χ1) is 14.0. The molecule has 1 heterocycles. The fourth-order valence-electron chi connectivity index (χ4n) is 2.57. The molecular weight excluding hydrogens is 438 g/mol. The Bertz CT molecular complexity index is 978. The van der Waals surface area contributed by atoms with Crippen molar-refractivity contribution in [3.8, 4) is 11.8 Å². The van der Waals surface area contributed by atoms with Gasteiger partial charge in [-0.1, -0.05) is 17.9 Å². The normalized spacial score (nSPS) is 13.6. The lowest BCUT2D eigenvalue weighted by molar-refractivity contribution is 0.154. The van der Waals surface area contributed by atoms with Crippen molar-refractivity contribution in [3.05, 3.63) is 57.0 Å². The van der Waals surface area contributed by atoms with Crippen molar-refractivity contribution in [2.75, 3.05) is 6.61 Å². The number of hydrogen-bond donors (Lipinski definition) is 3. The number of rotatable bonds is 9. The van der Waals surface area contributed by atoms with E-state index in [9.17, 15) is 17.7 Å². The van der Waals surface area contributed by atoms with Gasteiger partial charge in [0.05, 0.1) is 11.5 Å². The molecule has 0 fully saturated rings. The fourth-order valence-corrected chi connectivity index (χ4v) is 3.91. The van der Waals surface area contributed by atoms with E-state index in [-0.39, 0.29) is 18.6 Å². The maximum Gasteiger partial charge on any atom is 0.469 e. The molecule has 0 amide bonds. The Labute approximate surface area is 177 Å². The molecule has 4 N–H and O–H groups in total. The van der Waals surface area contributed by atoms with Crippen LogP contribution >= 0.6 is 19.2 Å². The monoisotopic (exact) mass is 461 g/mol. The molecule has 0 aliphatic rings. The van der Waals surface area contributed by atoms with Crippen LogP contribution in [-0.2, 0) is 21.9 Å². The summed E-state index contributed by atoms with van der Waals surface area (Å²) in [5.74, 6) is 2.19. The van der Waals surface area contributed by atoms with E-state index in [0.29, 0.717) is 25.7 Å². The van der Waals surface area contributed by atoms with Crippen LogP contribution in [0.2, 0.25) is 0 Å². The zero-order valence-electron chi connectivity index (χ0n) is 16.3. The summed E-state index contributed by atoms with van der Waals surface area (Å²) >= 11 is 1.48. The molecule has 1 unspecified atom stereocenters. The first-order valence-corrected chi connectivity index (χ1v) is 11.5. The van der Waals surface area contributed by atoms with Crippen molar-refractivity contribution in [3.63, 3.8) is 0 Å². The van der Waals surface area contributed by atoms with Crippen LogP contribution in [0.5, 0.6) is 0 Å². The topological polar surface area (TPSA) is 92.8 Å². The second kappa shape index (κ2) is 10.6. The Hall–Kier alpha value is -1.66. The largest absolute Gasteiger partial charge is 0.469 e. The molecule has 0 radical (unpaired) electrons. The third-order valence-corrected chi connectivity index (χ3v) is 5.77. The minimum atomic E-state index is -4.55. The van der Waals surface area contributed by atoms with Gasteiger partial charge in [0.1, 0.15) is 0 Å². The average molecular weight is 461 g/mol. The summed E-state index contributed by atoms with van der Waals surface area (Å²) in [4.78, 5) is 19.4. The summed E-state index contributed by atoms with van der Waals surface area (Å²) in [5.41, 5.74) is 5.25. The van der Waals surface area contributed by atoms with Gasteiger partial charge in [0.2, 0.25) is 0 Å². The smallest absolute Gasteiger partial charge is 0.323 e. The summed E-state index contributed by atoms with van der Waals surface area (Å²) in [6.45, 7) is 1.40. The highest BCUT2D eigenvalue weighted by Gasteiger charge is 2.24. The Morgan fingerprint density at radius 2 is 1.90 bits per heavy atom. The van der Waals surface area contributed by atoms with Gasteiger partial charge in [-0.25, -0.2) is 17.7 Å². The quantitative estimate of drug-likeness (QED) is 0.224. The molecule has 1 aromatic carbocycles. The third kappa shape index (κ3) is 8.23. The van der Waals surface area contributed by atoms with Crippen molar-refractivity contribution in [2.24, 2.45) is 5.73 Å². The molecular formula is C20H23F3NO4PS. The third-order valence-electron chi connectivity index (χ3n) is 4.24. The number of thiophene rings is 1. The van der Waals surface area contributed by atoms with Crippen LogP contribution in [0.25, 0.3) is 0 Å². The van der Waals surface area contributed by atoms with Gasteiger partial charge in [0, 0.05) is 16.8 Å². The molecule has 2 rings (SSSR count). The van der Waals surface area contributed by atoms with E-state index in [1.165, 1.54) is 17.4 Å². The molecule has 164 valence electrons. The van der Waals surface area contributed by atoms with E-state index in [4.69, 9.17) is 15.5 Å². The number of aryl methyl sites for hydroxylation is 2. The fraction of sp³-hybridized carbons (Fsp3) is 0.400. The number of hydrogen-bond acceptors (Lipinski definition) is 4. The highest BCUT2D eigenvalue weighted by Crippen LogP contribution is 2.37. The minimum absolute atomic E-state index is 0.127. The van der Waals surface area contributed by atoms with Crippen LogP contribution in [0, 0.1) is 29.3 Å². The van der Waals surface area contributed by atoms with E-state index in [1.54, 1.807) is 6.92 Å². The van der Waals surface area contributed by atoms with Gasteiger partial charge in [0.25, 0.3) is 0 Å². The van der Waals surface area contributed by atoms with E-state index in [2.05, 4.69) is 16.4 Å². The molecule has 0 aliphatic carbocycles. The van der Waals surface area contributed by atoms with Gasteiger partial charge < -0.3 is 15.5 Å². The van der Waals surface area contributed by atoms with E-state index in [0.717, 1.165) is 15.8 Å². The van der Waals surface area contributed by atoms with E-state index >= 15 is 0 Å². The zero-order chi connectivity index (χ0) is 22.4. The summed E-state index contributed by atoms with van der Waals surface area (Å²) in [5, 5.41) is 0. The second-order valence-corrected chi connectivity index (χ2v) is 9.58. The van der Waals surface area contributed by atoms with Crippen molar-refractivity contribution in [2.45, 2.75) is 44.6 Å². The highest BCUT2D eigenvalue weighted by atomic mass is 32.1. The minimum Gasteiger partial charge on any atom is -0.323 e. The van der Waals surface area contributed by atoms with Crippen molar-refractivity contribution in [1.29, 1.82) is 0 Å². The average Bonchev–Trinajstić information content (AvgIpc) is 3.12. The van der Waals surface area contributed by atoms with Crippen LogP contribution in [-0.4, -0.2) is 21.9 Å².